The molecule has 28 heavy (non-hydrogen) atoms. The SMILES string of the molecule is CCCN(CC(=O)Nc1ccccc1C)C(=O)C=Cc1cc(Cl)ccc1OC. The number of methoxy groups -OCH3 is 1. The molecule has 5 nitrogen and oxygen atoms in total. The van der Waals surface area contributed by atoms with E-state index in [1.807, 2.05) is 38.1 Å². The van der Waals surface area contributed by atoms with Crippen LogP contribution >= 0.6 is 11.6 Å². The topological polar surface area (TPSA) is 58.6 Å². The van der Waals surface area contributed by atoms with Crippen LogP contribution in [0.5, 0.6) is 5.75 Å². The summed E-state index contributed by atoms with van der Waals surface area (Å²) < 4.78 is 5.28. The van der Waals surface area contributed by atoms with Crippen LogP contribution in [0.2, 0.25) is 5.02 Å². The molecule has 0 atom stereocenters. The van der Waals surface area contributed by atoms with Gasteiger partial charge in [0.05, 0.1) is 7.11 Å². The van der Waals surface area contributed by atoms with Crippen molar-refractivity contribution in [3.8, 4) is 5.75 Å². The third-order valence-corrected chi connectivity index (χ3v) is 4.39. The Bertz CT molecular complexity index is 865. The summed E-state index contributed by atoms with van der Waals surface area (Å²) >= 11 is 6.02. The van der Waals surface area contributed by atoms with Gasteiger partial charge < -0.3 is 15.0 Å². The molecular formula is C22H25ClN2O3. The Morgan fingerprint density at radius 2 is 1.96 bits per heavy atom. The summed E-state index contributed by atoms with van der Waals surface area (Å²) in [5.74, 6) is 0.140. The second-order valence-electron chi connectivity index (χ2n) is 6.34. The first-order valence-corrected chi connectivity index (χ1v) is 9.48. The van der Waals surface area contributed by atoms with Crippen LogP contribution in [0.4, 0.5) is 5.69 Å². The molecule has 0 bridgehead atoms. The molecule has 0 unspecified atom stereocenters. The van der Waals surface area contributed by atoms with Gasteiger partial charge in [-0.2, -0.15) is 0 Å². The summed E-state index contributed by atoms with van der Waals surface area (Å²) in [4.78, 5) is 26.6. The molecule has 2 rings (SSSR count). The number of benzene rings is 2. The molecule has 0 saturated carbocycles. The average Bonchev–Trinajstić information content (AvgIpc) is 2.67. The lowest BCUT2D eigenvalue weighted by atomic mass is 10.2. The number of halogens is 1. The summed E-state index contributed by atoms with van der Waals surface area (Å²) in [5.41, 5.74) is 2.41. The molecule has 0 heterocycles. The molecule has 148 valence electrons. The van der Waals surface area contributed by atoms with E-state index in [4.69, 9.17) is 16.3 Å². The van der Waals surface area contributed by atoms with E-state index in [0.717, 1.165) is 17.7 Å². The average molecular weight is 401 g/mol. The van der Waals surface area contributed by atoms with Gasteiger partial charge in [-0.3, -0.25) is 9.59 Å². The zero-order valence-corrected chi connectivity index (χ0v) is 17.1. The molecule has 2 aromatic carbocycles. The Hall–Kier alpha value is -2.79. The van der Waals surface area contributed by atoms with Crippen LogP contribution in [0, 0.1) is 6.92 Å². The second-order valence-corrected chi connectivity index (χ2v) is 6.78. The Morgan fingerprint density at radius 1 is 1.21 bits per heavy atom. The van der Waals surface area contributed by atoms with Gasteiger partial charge in [0.15, 0.2) is 0 Å². The molecule has 2 amide bonds. The third-order valence-electron chi connectivity index (χ3n) is 4.16. The lowest BCUT2D eigenvalue weighted by molar-refractivity contribution is -0.130. The summed E-state index contributed by atoms with van der Waals surface area (Å²) in [6.07, 6.45) is 3.83. The largest absolute Gasteiger partial charge is 0.496 e. The molecule has 1 N–H and O–H groups in total. The van der Waals surface area contributed by atoms with E-state index < -0.39 is 0 Å². The van der Waals surface area contributed by atoms with Gasteiger partial charge in [0.1, 0.15) is 12.3 Å². The minimum atomic E-state index is -0.246. The maximum absolute atomic E-state index is 12.6. The standard InChI is InChI=1S/C22H25ClN2O3/c1-4-13-25(15-21(26)24-19-8-6-5-7-16(19)2)22(27)12-9-17-14-18(23)10-11-20(17)28-3/h5-12,14H,4,13,15H2,1-3H3,(H,24,26). The van der Waals surface area contributed by atoms with Crippen LogP contribution in [0.1, 0.15) is 24.5 Å². The highest BCUT2D eigenvalue weighted by Crippen LogP contribution is 2.23. The third kappa shape index (κ3) is 6.13. The fourth-order valence-electron chi connectivity index (χ4n) is 2.72. The monoisotopic (exact) mass is 400 g/mol. The van der Waals surface area contributed by atoms with Crippen molar-refractivity contribution in [3.63, 3.8) is 0 Å². The van der Waals surface area contributed by atoms with Crippen LogP contribution in [0.25, 0.3) is 6.08 Å². The fraction of sp³-hybridized carbons (Fsp3) is 0.273. The molecular weight excluding hydrogens is 376 g/mol. The number of para-hydroxylation sites is 1. The fourth-order valence-corrected chi connectivity index (χ4v) is 2.90. The van der Waals surface area contributed by atoms with Crippen molar-refractivity contribution in [3.05, 3.63) is 64.7 Å². The number of amides is 2. The highest BCUT2D eigenvalue weighted by Gasteiger charge is 2.15. The van der Waals surface area contributed by atoms with Gasteiger partial charge in [-0.25, -0.2) is 0 Å². The minimum absolute atomic E-state index is 0.0158. The smallest absolute Gasteiger partial charge is 0.247 e. The van der Waals surface area contributed by atoms with Crippen LogP contribution in [0.3, 0.4) is 0 Å². The van der Waals surface area contributed by atoms with E-state index in [1.54, 1.807) is 31.4 Å². The Labute approximate surface area is 170 Å². The maximum Gasteiger partial charge on any atom is 0.247 e. The van der Waals surface area contributed by atoms with Crippen molar-refractivity contribution in [1.29, 1.82) is 0 Å². The maximum atomic E-state index is 12.6. The van der Waals surface area contributed by atoms with E-state index in [2.05, 4.69) is 5.32 Å². The van der Waals surface area contributed by atoms with Crippen LogP contribution in [-0.4, -0.2) is 36.9 Å². The van der Waals surface area contributed by atoms with Gasteiger partial charge >= 0.3 is 0 Å². The van der Waals surface area contributed by atoms with E-state index in [9.17, 15) is 9.59 Å². The first kappa shape index (κ1) is 21.5. The number of aryl methyl sites for hydroxylation is 1. The van der Waals surface area contributed by atoms with Gasteiger partial charge in [-0.15, -0.1) is 0 Å². The molecule has 0 aliphatic heterocycles. The first-order valence-electron chi connectivity index (χ1n) is 9.10. The number of nitrogens with one attached hydrogen (secondary N) is 1. The molecule has 0 radical (unpaired) electrons. The highest BCUT2D eigenvalue weighted by molar-refractivity contribution is 6.30. The number of hydrogen-bond donors (Lipinski definition) is 1. The zero-order valence-electron chi connectivity index (χ0n) is 16.4. The van der Waals surface area contributed by atoms with Crippen LogP contribution in [-0.2, 0) is 9.59 Å². The van der Waals surface area contributed by atoms with E-state index in [-0.39, 0.29) is 18.4 Å². The van der Waals surface area contributed by atoms with Crippen molar-refractivity contribution >= 4 is 35.2 Å². The lowest BCUT2D eigenvalue weighted by Gasteiger charge is -2.20. The number of hydrogen-bond acceptors (Lipinski definition) is 3. The quantitative estimate of drug-likeness (QED) is 0.661. The van der Waals surface area contributed by atoms with Gasteiger partial charge in [0, 0.05) is 28.9 Å². The van der Waals surface area contributed by atoms with E-state index in [1.165, 1.54) is 11.0 Å². The Kier molecular flexibility index (Phi) is 8.08. The molecule has 0 saturated heterocycles. The number of carbonyl (C=O) groups is 2. The highest BCUT2D eigenvalue weighted by atomic mass is 35.5. The Balaban J connectivity index is 2.08. The molecule has 2 aromatic rings. The number of nitrogens with zero attached hydrogens (tertiary/aromatic N) is 1. The van der Waals surface area contributed by atoms with Crippen molar-refractivity contribution in [1.82, 2.24) is 4.90 Å². The van der Waals surface area contributed by atoms with Gasteiger partial charge in [-0.05, 0) is 49.2 Å². The predicted octanol–water partition coefficient (Wildman–Crippen LogP) is 4.55. The second kappa shape index (κ2) is 10.5. The van der Waals surface area contributed by atoms with Crippen molar-refractivity contribution in [2.75, 3.05) is 25.5 Å². The normalized spacial score (nSPS) is 10.7. The van der Waals surface area contributed by atoms with Crippen LogP contribution in [0.15, 0.2) is 48.5 Å². The molecule has 0 aliphatic rings. The van der Waals surface area contributed by atoms with Crippen molar-refractivity contribution < 1.29 is 14.3 Å². The molecule has 0 fully saturated rings. The summed E-state index contributed by atoms with van der Waals surface area (Å²) in [5, 5.41) is 3.41. The summed E-state index contributed by atoms with van der Waals surface area (Å²) in [6, 6.07) is 12.7. The number of carbonyl (C=O) groups excluding carboxylic acids is 2. The van der Waals surface area contributed by atoms with Crippen LogP contribution < -0.4 is 10.1 Å². The number of rotatable bonds is 8. The number of anilines is 1. The first-order chi connectivity index (χ1) is 13.4. The van der Waals surface area contributed by atoms with Gasteiger partial charge in [0.25, 0.3) is 0 Å². The lowest BCUT2D eigenvalue weighted by Crippen LogP contribution is -2.37. The molecule has 6 heteroatoms. The summed E-state index contributed by atoms with van der Waals surface area (Å²) in [6.45, 7) is 4.35. The number of ether oxygens (including phenoxy) is 1. The van der Waals surface area contributed by atoms with E-state index in [0.29, 0.717) is 22.9 Å². The van der Waals surface area contributed by atoms with E-state index >= 15 is 0 Å². The molecule has 0 aromatic heterocycles. The minimum Gasteiger partial charge on any atom is -0.496 e. The Morgan fingerprint density at radius 3 is 2.64 bits per heavy atom. The van der Waals surface area contributed by atoms with Crippen molar-refractivity contribution in [2.45, 2.75) is 20.3 Å². The molecule has 0 aliphatic carbocycles. The van der Waals surface area contributed by atoms with Crippen molar-refractivity contribution in [2.24, 2.45) is 0 Å². The molecule has 0 spiro atoms. The van der Waals surface area contributed by atoms with Gasteiger partial charge in [-0.1, -0.05) is 36.7 Å². The zero-order chi connectivity index (χ0) is 20.5. The predicted molar refractivity (Wildman–Crippen MR) is 114 cm³/mol. The summed E-state index contributed by atoms with van der Waals surface area (Å²) in [7, 11) is 1.56. The van der Waals surface area contributed by atoms with Gasteiger partial charge in [0.2, 0.25) is 11.8 Å².